The average Bonchev–Trinajstić information content (AvgIpc) is 2.89. The Labute approximate surface area is 213 Å². The summed E-state index contributed by atoms with van der Waals surface area (Å²) in [6.45, 7) is 0.312. The van der Waals surface area contributed by atoms with Crippen LogP contribution in [-0.2, 0) is 4.74 Å². The van der Waals surface area contributed by atoms with Gasteiger partial charge in [-0.2, -0.15) is 0 Å². The van der Waals surface area contributed by atoms with Crippen molar-refractivity contribution in [3.05, 3.63) is 112 Å². The van der Waals surface area contributed by atoms with Crippen molar-refractivity contribution < 1.29 is 9.53 Å². The number of benzene rings is 3. The van der Waals surface area contributed by atoms with Gasteiger partial charge in [-0.3, -0.25) is 0 Å². The number of anilines is 1. The van der Waals surface area contributed by atoms with Gasteiger partial charge in [-0.25, -0.2) is 14.8 Å². The second kappa shape index (κ2) is 11.1. The third kappa shape index (κ3) is 5.85. The Hall–Kier alpha value is -3.74. The van der Waals surface area contributed by atoms with Crippen molar-refractivity contribution in [2.45, 2.75) is 5.92 Å². The number of hydrogen-bond donors (Lipinski definition) is 2. The smallest absolute Gasteiger partial charge is 0.343 e. The molecular formula is C27H22Cl2N4O2. The highest BCUT2D eigenvalue weighted by Gasteiger charge is 2.22. The Bertz CT molecular complexity index is 1330. The molecule has 0 spiro atoms. The van der Waals surface area contributed by atoms with E-state index in [-0.39, 0.29) is 11.5 Å². The van der Waals surface area contributed by atoms with E-state index in [0.29, 0.717) is 33.9 Å². The first-order chi connectivity index (χ1) is 17.0. The summed E-state index contributed by atoms with van der Waals surface area (Å²) in [4.78, 5) is 21.3. The molecule has 1 heterocycles. The van der Waals surface area contributed by atoms with Gasteiger partial charge in [-0.05, 0) is 47.5 Å². The average molecular weight is 505 g/mol. The van der Waals surface area contributed by atoms with Crippen LogP contribution in [0.1, 0.15) is 27.4 Å². The zero-order chi connectivity index (χ0) is 24.8. The summed E-state index contributed by atoms with van der Waals surface area (Å²) in [5.74, 6) is -0.126. The van der Waals surface area contributed by atoms with E-state index in [1.165, 1.54) is 13.3 Å². The zero-order valence-electron chi connectivity index (χ0n) is 18.8. The van der Waals surface area contributed by atoms with Gasteiger partial charge in [0.2, 0.25) is 0 Å². The molecule has 0 saturated heterocycles. The number of methoxy groups -OCH3 is 1. The second-order valence-electron chi connectivity index (χ2n) is 7.72. The van der Waals surface area contributed by atoms with Crippen molar-refractivity contribution >= 4 is 40.7 Å². The summed E-state index contributed by atoms with van der Waals surface area (Å²) in [5.41, 5.74) is 3.07. The fraction of sp³-hybridized carbons (Fsp3) is 0.111. The summed E-state index contributed by atoms with van der Waals surface area (Å²) >= 11 is 12.0. The first-order valence-corrected chi connectivity index (χ1v) is 11.6. The minimum atomic E-state index is -0.556. The molecule has 1 unspecified atom stereocenters. The van der Waals surface area contributed by atoms with Crippen molar-refractivity contribution in [3.63, 3.8) is 0 Å². The quantitative estimate of drug-likeness (QED) is 0.211. The van der Waals surface area contributed by atoms with E-state index in [4.69, 9.17) is 33.3 Å². The fourth-order valence-electron chi connectivity index (χ4n) is 3.62. The fourth-order valence-corrected chi connectivity index (χ4v) is 3.87. The van der Waals surface area contributed by atoms with Crippen LogP contribution in [0.3, 0.4) is 0 Å². The van der Waals surface area contributed by atoms with E-state index in [2.05, 4.69) is 15.3 Å². The number of nitrogens with zero attached hydrogens (tertiary/aromatic N) is 2. The van der Waals surface area contributed by atoms with Crippen molar-refractivity contribution in [1.82, 2.24) is 9.97 Å². The lowest BCUT2D eigenvalue weighted by Gasteiger charge is -2.21. The Kier molecular flexibility index (Phi) is 7.75. The highest BCUT2D eigenvalue weighted by Crippen LogP contribution is 2.26. The minimum absolute atomic E-state index is 0.204. The van der Waals surface area contributed by atoms with Gasteiger partial charge in [0.05, 0.1) is 7.11 Å². The third-order valence-corrected chi connectivity index (χ3v) is 5.98. The molecule has 1 atom stereocenters. The molecule has 176 valence electrons. The van der Waals surface area contributed by atoms with E-state index in [9.17, 15) is 4.79 Å². The van der Waals surface area contributed by atoms with Gasteiger partial charge < -0.3 is 15.5 Å². The summed E-state index contributed by atoms with van der Waals surface area (Å²) in [6.07, 6.45) is 1.44. The van der Waals surface area contributed by atoms with Gasteiger partial charge in [0.25, 0.3) is 0 Å². The largest absolute Gasteiger partial charge is 0.465 e. The van der Waals surface area contributed by atoms with Gasteiger partial charge in [-0.1, -0.05) is 65.7 Å². The molecule has 0 aliphatic rings. The Morgan fingerprint density at radius 1 is 0.971 bits per heavy atom. The van der Waals surface area contributed by atoms with Crippen LogP contribution in [0.5, 0.6) is 0 Å². The van der Waals surface area contributed by atoms with Gasteiger partial charge >= 0.3 is 5.97 Å². The third-order valence-electron chi connectivity index (χ3n) is 5.48. The van der Waals surface area contributed by atoms with Gasteiger partial charge in [-0.15, -0.1) is 0 Å². The van der Waals surface area contributed by atoms with E-state index >= 15 is 0 Å². The van der Waals surface area contributed by atoms with Crippen molar-refractivity contribution in [1.29, 1.82) is 5.41 Å². The van der Waals surface area contributed by atoms with Crippen molar-refractivity contribution in [3.8, 4) is 11.4 Å². The lowest BCUT2D eigenvalue weighted by Crippen LogP contribution is -2.23. The van der Waals surface area contributed by atoms with Crippen LogP contribution in [0, 0.1) is 5.41 Å². The van der Waals surface area contributed by atoms with Crippen LogP contribution in [0.15, 0.2) is 85.1 Å². The molecule has 4 rings (SSSR count). The lowest BCUT2D eigenvalue weighted by molar-refractivity contribution is 0.0601. The van der Waals surface area contributed by atoms with E-state index in [1.807, 2.05) is 54.6 Å². The molecule has 0 saturated carbocycles. The topological polar surface area (TPSA) is 88.0 Å². The molecule has 1 aromatic heterocycles. The summed E-state index contributed by atoms with van der Waals surface area (Å²) in [5, 5.41) is 13.4. The molecule has 6 nitrogen and oxygen atoms in total. The van der Waals surface area contributed by atoms with Gasteiger partial charge in [0.1, 0.15) is 11.4 Å². The number of carbonyl (C=O) groups is 1. The minimum Gasteiger partial charge on any atom is -0.465 e. The molecule has 2 N–H and O–H groups in total. The van der Waals surface area contributed by atoms with Crippen LogP contribution >= 0.6 is 23.2 Å². The standard InChI is InChI=1S/C27H22Cl2N4O2/c1-35-27(34)23-16-31-25(19-9-13-21(29)14-10-19)33-26(23)32-15-22(17-5-3-2-4-6-17)24(30)18-7-11-20(28)12-8-18/h2-14,16,22,30H,15H2,1H3,(H,31,32,33). The van der Waals surface area contributed by atoms with E-state index in [0.717, 1.165) is 16.7 Å². The van der Waals surface area contributed by atoms with Gasteiger partial charge in [0.15, 0.2) is 5.82 Å². The number of ether oxygens (including phenoxy) is 1. The molecule has 3 aromatic carbocycles. The molecule has 35 heavy (non-hydrogen) atoms. The summed E-state index contributed by atoms with van der Waals surface area (Å²) in [7, 11) is 1.31. The number of rotatable bonds is 8. The Balaban J connectivity index is 1.68. The molecule has 0 aliphatic heterocycles. The second-order valence-corrected chi connectivity index (χ2v) is 8.59. The van der Waals surface area contributed by atoms with Crippen molar-refractivity contribution in [2.75, 3.05) is 19.0 Å². The monoisotopic (exact) mass is 504 g/mol. The van der Waals surface area contributed by atoms with E-state index < -0.39 is 5.97 Å². The van der Waals surface area contributed by atoms with Crippen LogP contribution in [0.2, 0.25) is 10.0 Å². The first-order valence-electron chi connectivity index (χ1n) is 10.8. The van der Waals surface area contributed by atoms with Crippen LogP contribution in [0.4, 0.5) is 5.82 Å². The van der Waals surface area contributed by atoms with Crippen LogP contribution in [-0.4, -0.2) is 35.3 Å². The maximum Gasteiger partial charge on any atom is 0.343 e. The normalized spacial score (nSPS) is 11.5. The first kappa shape index (κ1) is 24.4. The number of nitrogens with one attached hydrogen (secondary N) is 2. The molecule has 0 amide bonds. The SMILES string of the molecule is COC(=O)c1cnc(-c2ccc(Cl)cc2)nc1NCC(C(=N)c1ccc(Cl)cc1)c1ccccc1. The summed E-state index contributed by atoms with van der Waals surface area (Å²) < 4.78 is 4.93. The van der Waals surface area contributed by atoms with Gasteiger partial charge in [0, 0.05) is 40.0 Å². The number of carbonyl (C=O) groups excluding carboxylic acids is 1. The highest BCUT2D eigenvalue weighted by atomic mass is 35.5. The predicted molar refractivity (Wildman–Crippen MR) is 140 cm³/mol. The van der Waals surface area contributed by atoms with Crippen LogP contribution in [0.25, 0.3) is 11.4 Å². The maximum absolute atomic E-state index is 12.4. The molecule has 0 bridgehead atoms. The Morgan fingerprint density at radius 3 is 2.23 bits per heavy atom. The molecule has 0 radical (unpaired) electrons. The summed E-state index contributed by atoms with van der Waals surface area (Å²) in [6, 6.07) is 24.0. The number of aromatic nitrogens is 2. The molecular weight excluding hydrogens is 483 g/mol. The molecule has 0 fully saturated rings. The van der Waals surface area contributed by atoms with Crippen LogP contribution < -0.4 is 5.32 Å². The number of halogens is 2. The predicted octanol–water partition coefficient (Wildman–Crippen LogP) is 6.50. The molecule has 0 aliphatic carbocycles. The maximum atomic E-state index is 12.4. The lowest BCUT2D eigenvalue weighted by atomic mass is 9.90. The zero-order valence-corrected chi connectivity index (χ0v) is 20.3. The Morgan fingerprint density at radius 2 is 1.60 bits per heavy atom. The highest BCUT2D eigenvalue weighted by molar-refractivity contribution is 6.31. The molecule has 4 aromatic rings. The number of hydrogen-bond acceptors (Lipinski definition) is 6. The van der Waals surface area contributed by atoms with E-state index in [1.54, 1.807) is 24.3 Å². The molecule has 8 heteroatoms. The van der Waals surface area contributed by atoms with Crippen molar-refractivity contribution in [2.24, 2.45) is 0 Å². The number of esters is 1.